The minimum atomic E-state index is -0.475. The van der Waals surface area contributed by atoms with Gasteiger partial charge in [-0.3, -0.25) is 14.4 Å². The van der Waals surface area contributed by atoms with E-state index in [1.165, 1.54) is 23.1 Å². The molecular weight excluding hydrogens is 692 g/mol. The second-order valence-electron chi connectivity index (χ2n) is 9.70. The fraction of sp³-hybridized carbons (Fsp3) is 0.0588. The van der Waals surface area contributed by atoms with Crippen molar-refractivity contribution >= 4 is 85.2 Å². The molecule has 4 aromatic carbocycles. The molecule has 0 bridgehead atoms. The number of nitrogens with one attached hydrogen (secondary N) is 3. The first-order valence-electron chi connectivity index (χ1n) is 13.7. The molecule has 3 amide bonds. The van der Waals surface area contributed by atoms with Gasteiger partial charge in [-0.1, -0.05) is 70.0 Å². The van der Waals surface area contributed by atoms with Crippen LogP contribution < -0.4 is 16.0 Å². The van der Waals surface area contributed by atoms with Crippen LogP contribution in [-0.4, -0.2) is 28.0 Å². The molecule has 1 heterocycles. The van der Waals surface area contributed by atoms with Crippen LogP contribution in [0.1, 0.15) is 22.8 Å². The van der Waals surface area contributed by atoms with E-state index < -0.39 is 17.1 Å². The highest BCUT2D eigenvalue weighted by molar-refractivity contribution is 9.10. The molecule has 0 fully saturated rings. The number of amides is 3. The van der Waals surface area contributed by atoms with Gasteiger partial charge in [0.15, 0.2) is 5.13 Å². The Balaban J connectivity index is 1.20. The number of nitrogens with zero attached hydrogens (tertiary/aromatic N) is 1. The first kappa shape index (κ1) is 32.2. The van der Waals surface area contributed by atoms with Crippen molar-refractivity contribution in [2.45, 2.75) is 17.1 Å². The molecule has 0 aliphatic carbocycles. The van der Waals surface area contributed by atoms with Gasteiger partial charge in [0.25, 0.3) is 11.8 Å². The fourth-order valence-electron chi connectivity index (χ4n) is 4.03. The summed E-state index contributed by atoms with van der Waals surface area (Å²) in [5.41, 5.74) is 3.49. The van der Waals surface area contributed by atoms with Crippen LogP contribution in [0.5, 0.6) is 0 Å². The number of thioether (sulfide) groups is 1. The lowest BCUT2D eigenvalue weighted by atomic mass is 10.1. The Hall–Kier alpha value is -4.22. The first-order chi connectivity index (χ1) is 21.7. The molecule has 0 spiro atoms. The van der Waals surface area contributed by atoms with Gasteiger partial charge in [-0.2, -0.15) is 0 Å². The first-order valence-corrected chi connectivity index (χ1v) is 16.6. The van der Waals surface area contributed by atoms with Crippen LogP contribution in [-0.2, 0) is 9.59 Å². The van der Waals surface area contributed by atoms with Crippen LogP contribution in [0.15, 0.2) is 124 Å². The number of carbonyl (C=O) groups is 3. The van der Waals surface area contributed by atoms with Gasteiger partial charge in [0.1, 0.15) is 5.70 Å². The molecule has 3 N–H and O–H groups in total. The van der Waals surface area contributed by atoms with Crippen LogP contribution in [0.3, 0.4) is 0 Å². The smallest absolute Gasteiger partial charge is 0.272 e. The number of anilines is 2. The number of hydrogen-bond donors (Lipinski definition) is 3. The van der Waals surface area contributed by atoms with Gasteiger partial charge in [-0.15, -0.1) is 23.1 Å². The maximum absolute atomic E-state index is 13.3. The second kappa shape index (κ2) is 15.2. The number of carbonyl (C=O) groups excluding carboxylic acids is 3. The lowest BCUT2D eigenvalue weighted by Crippen LogP contribution is -2.30. The average molecular weight is 718 g/mol. The molecule has 45 heavy (non-hydrogen) atoms. The van der Waals surface area contributed by atoms with E-state index in [0.29, 0.717) is 21.4 Å². The Morgan fingerprint density at radius 2 is 1.58 bits per heavy atom. The van der Waals surface area contributed by atoms with Gasteiger partial charge >= 0.3 is 0 Å². The van der Waals surface area contributed by atoms with Crippen molar-refractivity contribution in [1.82, 2.24) is 10.3 Å². The van der Waals surface area contributed by atoms with E-state index in [9.17, 15) is 14.4 Å². The van der Waals surface area contributed by atoms with Crippen molar-refractivity contribution in [2.24, 2.45) is 0 Å². The van der Waals surface area contributed by atoms with Crippen molar-refractivity contribution in [3.8, 4) is 11.3 Å². The average Bonchev–Trinajstić information content (AvgIpc) is 3.51. The van der Waals surface area contributed by atoms with E-state index in [-0.39, 0.29) is 11.6 Å². The van der Waals surface area contributed by atoms with Crippen LogP contribution in [0.25, 0.3) is 17.3 Å². The molecule has 0 saturated heterocycles. The normalized spacial score (nSPS) is 11.8. The maximum atomic E-state index is 13.3. The van der Waals surface area contributed by atoms with Crippen LogP contribution in [0.4, 0.5) is 10.8 Å². The maximum Gasteiger partial charge on any atom is 0.272 e. The third-order valence-electron chi connectivity index (χ3n) is 6.38. The Kier molecular flexibility index (Phi) is 10.9. The van der Waals surface area contributed by atoms with Crippen LogP contribution in [0.2, 0.25) is 5.02 Å². The van der Waals surface area contributed by atoms with Gasteiger partial charge in [-0.25, -0.2) is 4.98 Å². The molecule has 0 saturated carbocycles. The minimum Gasteiger partial charge on any atom is -0.321 e. The Labute approximate surface area is 282 Å². The summed E-state index contributed by atoms with van der Waals surface area (Å²) < 4.78 is 0.898. The predicted octanol–water partition coefficient (Wildman–Crippen LogP) is 8.75. The van der Waals surface area contributed by atoms with Gasteiger partial charge < -0.3 is 16.0 Å². The molecule has 1 aromatic heterocycles. The van der Waals surface area contributed by atoms with E-state index in [2.05, 4.69) is 36.9 Å². The zero-order chi connectivity index (χ0) is 31.8. The van der Waals surface area contributed by atoms with Gasteiger partial charge in [0, 0.05) is 36.6 Å². The van der Waals surface area contributed by atoms with Crippen LogP contribution in [0, 0.1) is 0 Å². The molecule has 5 aromatic rings. The minimum absolute atomic E-state index is 0.0938. The molecule has 5 rings (SSSR count). The van der Waals surface area contributed by atoms with Crippen LogP contribution >= 0.6 is 50.6 Å². The number of hydrogen-bond acceptors (Lipinski definition) is 6. The quantitative estimate of drug-likeness (QED) is 0.0991. The summed E-state index contributed by atoms with van der Waals surface area (Å²) in [5.74, 6) is -1.05. The van der Waals surface area contributed by atoms with E-state index in [1.807, 2.05) is 66.9 Å². The third-order valence-corrected chi connectivity index (χ3v) is 9.03. The Morgan fingerprint density at radius 3 is 2.27 bits per heavy atom. The summed E-state index contributed by atoms with van der Waals surface area (Å²) in [5, 5.41) is 11.1. The van der Waals surface area contributed by atoms with E-state index in [4.69, 9.17) is 11.6 Å². The molecule has 7 nitrogen and oxygen atoms in total. The number of thiazole rings is 1. The lowest BCUT2D eigenvalue weighted by molar-refractivity contribution is -0.115. The van der Waals surface area contributed by atoms with Crippen molar-refractivity contribution in [3.05, 3.63) is 135 Å². The van der Waals surface area contributed by atoms with Gasteiger partial charge in [-0.05, 0) is 79.2 Å². The SMILES string of the molecule is CC(Sc1ccc(NC(=O)/C(=C/c2ccc(Br)cc2)NC(=O)c2ccccc2)cc1)C(=O)Nc1nc(-c2ccc(Cl)cc2)cs1. The summed E-state index contributed by atoms with van der Waals surface area (Å²) in [6, 6.07) is 30.6. The zero-order valence-electron chi connectivity index (χ0n) is 23.8. The molecule has 226 valence electrons. The summed E-state index contributed by atoms with van der Waals surface area (Å²) in [4.78, 5) is 44.4. The molecule has 0 radical (unpaired) electrons. The number of benzene rings is 4. The lowest BCUT2D eigenvalue weighted by Gasteiger charge is -2.13. The van der Waals surface area contributed by atoms with E-state index >= 15 is 0 Å². The summed E-state index contributed by atoms with van der Waals surface area (Å²) in [7, 11) is 0. The predicted molar refractivity (Wildman–Crippen MR) is 188 cm³/mol. The highest BCUT2D eigenvalue weighted by Gasteiger charge is 2.18. The van der Waals surface area contributed by atoms with Crippen molar-refractivity contribution in [1.29, 1.82) is 0 Å². The highest BCUT2D eigenvalue weighted by atomic mass is 79.9. The largest absolute Gasteiger partial charge is 0.321 e. The van der Waals surface area contributed by atoms with E-state index in [1.54, 1.807) is 54.6 Å². The topological polar surface area (TPSA) is 100 Å². The van der Waals surface area contributed by atoms with Gasteiger partial charge in [0.05, 0.1) is 10.9 Å². The summed E-state index contributed by atoms with van der Waals surface area (Å²) in [6.07, 6.45) is 1.62. The highest BCUT2D eigenvalue weighted by Crippen LogP contribution is 2.29. The standard InChI is InChI=1S/C34H26BrClN4O3S2/c1-21(31(41)40-34-39-30(20-44-34)23-9-13-26(36)14-10-23)45-28-17-15-27(16-18-28)37-33(43)29(19-22-7-11-25(35)12-8-22)38-32(42)24-5-3-2-4-6-24/h2-21H,1H3,(H,37,43)(H,38,42)(H,39,40,41)/b29-19-. The van der Waals surface area contributed by atoms with Crippen molar-refractivity contribution in [3.63, 3.8) is 0 Å². The number of halogens is 2. The molecule has 0 aliphatic rings. The molecule has 11 heteroatoms. The van der Waals surface area contributed by atoms with Crippen molar-refractivity contribution in [2.75, 3.05) is 10.6 Å². The Morgan fingerprint density at radius 1 is 0.889 bits per heavy atom. The molecule has 1 atom stereocenters. The second-order valence-corrected chi connectivity index (χ2v) is 13.3. The summed E-state index contributed by atoms with van der Waals surface area (Å²) >= 11 is 12.1. The molecule has 1 unspecified atom stereocenters. The third kappa shape index (κ3) is 9.15. The molecular formula is C34H26BrClN4O3S2. The monoisotopic (exact) mass is 716 g/mol. The molecule has 0 aliphatic heterocycles. The fourth-order valence-corrected chi connectivity index (χ4v) is 6.01. The van der Waals surface area contributed by atoms with E-state index in [0.717, 1.165) is 26.2 Å². The number of aromatic nitrogens is 1. The number of rotatable bonds is 10. The summed E-state index contributed by atoms with van der Waals surface area (Å²) in [6.45, 7) is 1.82. The van der Waals surface area contributed by atoms with Crippen molar-refractivity contribution < 1.29 is 14.4 Å². The zero-order valence-corrected chi connectivity index (χ0v) is 27.8. The van der Waals surface area contributed by atoms with Gasteiger partial charge in [0.2, 0.25) is 5.91 Å². The Bertz CT molecular complexity index is 1830.